The van der Waals surface area contributed by atoms with E-state index in [4.69, 9.17) is 13.5 Å². The van der Waals surface area contributed by atoms with Gasteiger partial charge >= 0.3 is 11.4 Å². The Morgan fingerprint density at radius 1 is 1.00 bits per heavy atom. The molecule has 2 aliphatic heterocycles. The number of benzene rings is 4. The van der Waals surface area contributed by atoms with Crippen LogP contribution in [0.1, 0.15) is 12.8 Å². The van der Waals surface area contributed by atoms with Gasteiger partial charge in [0, 0.05) is 24.4 Å². The minimum absolute atomic E-state index is 0.107. The van der Waals surface area contributed by atoms with Crippen LogP contribution in [0.4, 0.5) is 11.4 Å². The fourth-order valence-corrected chi connectivity index (χ4v) is 7.60. The third-order valence-corrected chi connectivity index (χ3v) is 9.83. The van der Waals surface area contributed by atoms with Crippen molar-refractivity contribution in [2.24, 2.45) is 0 Å². The topological polar surface area (TPSA) is 118 Å². The molecule has 4 aromatic rings. The van der Waals surface area contributed by atoms with Crippen molar-refractivity contribution >= 4 is 55.4 Å². The van der Waals surface area contributed by atoms with Crippen LogP contribution in [-0.4, -0.2) is 53.4 Å². The average molecular weight is 640 g/mol. The molecule has 0 aliphatic carbocycles. The van der Waals surface area contributed by atoms with E-state index in [0.29, 0.717) is 19.5 Å². The van der Waals surface area contributed by atoms with Crippen LogP contribution in [0.5, 0.6) is 5.75 Å². The van der Waals surface area contributed by atoms with E-state index in [0.717, 1.165) is 53.8 Å². The molecule has 3 unspecified atom stereocenters. The average Bonchev–Trinajstić information content (AvgIpc) is 3.52. The molecule has 0 radical (unpaired) electrons. The van der Waals surface area contributed by atoms with Crippen LogP contribution in [0.2, 0.25) is 0 Å². The van der Waals surface area contributed by atoms with Crippen LogP contribution in [-0.2, 0) is 25.7 Å². The Hall–Kier alpha value is -3.23. The second-order valence-electron chi connectivity index (χ2n) is 10.3. The lowest BCUT2D eigenvalue weighted by Crippen LogP contribution is -3.04. The molecule has 0 fully saturated rings. The highest BCUT2D eigenvalue weighted by Crippen LogP contribution is 2.44. The summed E-state index contributed by atoms with van der Waals surface area (Å²) in [7, 11) is -4.09. The Morgan fingerprint density at radius 2 is 1.79 bits per heavy atom. The number of ether oxygens (including phenoxy) is 1. The van der Waals surface area contributed by atoms with Crippen molar-refractivity contribution in [2.45, 2.75) is 24.0 Å². The van der Waals surface area contributed by atoms with Gasteiger partial charge in [-0.3, -0.25) is 18.2 Å². The Kier molecular flexibility index (Phi) is 8.87. The second-order valence-corrected chi connectivity index (χ2v) is 13.6. The molecule has 0 bridgehead atoms. The Balaban J connectivity index is 1.35. The van der Waals surface area contributed by atoms with Crippen molar-refractivity contribution in [1.82, 2.24) is 0 Å². The quantitative estimate of drug-likeness (QED) is 0.118. The molecule has 0 aromatic heterocycles. The molecule has 43 heavy (non-hydrogen) atoms. The summed E-state index contributed by atoms with van der Waals surface area (Å²) in [5.74, 6) is 0.410. The largest absolute Gasteiger partial charge is 0.464 e. The number of nitrogens with zero attached hydrogens (tertiary/aromatic N) is 1. The maximum absolute atomic E-state index is 11.5. The van der Waals surface area contributed by atoms with Gasteiger partial charge in [0.15, 0.2) is 16.9 Å². The molecule has 2 heterocycles. The fraction of sp³-hybridized carbons (Fsp3) is 0.226. The third kappa shape index (κ3) is 6.80. The number of hydrogen-bond donors (Lipinski definition) is 3. The Morgan fingerprint density at radius 3 is 2.58 bits per heavy atom. The summed E-state index contributed by atoms with van der Waals surface area (Å²) >= 11 is -0.708. The van der Waals surface area contributed by atoms with Gasteiger partial charge in [-0.1, -0.05) is 60.7 Å². The molecule has 3 atom stereocenters. The standard InChI is InChI=1S/C31H30N2O7S3/c34-42(35)39-18-6-16-32-26-20-24(22-8-2-1-3-9-22)12-14-27(26)40-29(32)21-30-33(17-7-19-43(36,37)38)31-25-11-5-4-10-23(25)13-15-28(31)41-30/h1-5,8-15,20-21,29H,6-7,16-19H2,(H,34,35)(H,36,37,38)/p+1. The SMILES string of the molecule is O=S(O)OCCCN1c2cc(-c3ccccc3)ccc2OC1C=C1Sc2ccc3ccccc3c2[NH+]1CCCS(=O)(=O)O. The Bertz CT molecular complexity index is 1800. The van der Waals surface area contributed by atoms with E-state index < -0.39 is 27.7 Å². The van der Waals surface area contributed by atoms with Crippen molar-refractivity contribution in [1.29, 1.82) is 0 Å². The Labute approximate surface area is 257 Å². The van der Waals surface area contributed by atoms with Gasteiger partial charge in [-0.15, -0.1) is 0 Å². The number of anilines is 1. The summed E-state index contributed by atoms with van der Waals surface area (Å²) < 4.78 is 64.0. The predicted molar refractivity (Wildman–Crippen MR) is 169 cm³/mol. The first-order chi connectivity index (χ1) is 20.8. The van der Waals surface area contributed by atoms with Gasteiger partial charge < -0.3 is 9.64 Å². The van der Waals surface area contributed by atoms with Gasteiger partial charge in [-0.05, 0) is 59.0 Å². The number of quaternary nitrogens is 1. The zero-order valence-electron chi connectivity index (χ0n) is 23.1. The minimum Gasteiger partial charge on any atom is -0.464 e. The highest BCUT2D eigenvalue weighted by atomic mass is 32.2. The van der Waals surface area contributed by atoms with E-state index in [2.05, 4.69) is 53.4 Å². The summed E-state index contributed by atoms with van der Waals surface area (Å²) in [6.45, 7) is 1.08. The summed E-state index contributed by atoms with van der Waals surface area (Å²) in [5.41, 5.74) is 4.11. The first-order valence-corrected chi connectivity index (χ1v) is 17.3. The van der Waals surface area contributed by atoms with E-state index >= 15 is 0 Å². The van der Waals surface area contributed by atoms with E-state index in [1.807, 2.05) is 42.5 Å². The van der Waals surface area contributed by atoms with Crippen LogP contribution >= 0.6 is 11.8 Å². The molecule has 3 N–H and O–H groups in total. The van der Waals surface area contributed by atoms with Crippen LogP contribution in [0.25, 0.3) is 21.9 Å². The maximum atomic E-state index is 11.5. The van der Waals surface area contributed by atoms with Crippen molar-refractivity contribution in [2.75, 3.05) is 30.3 Å². The smallest absolute Gasteiger partial charge is 0.301 e. The van der Waals surface area contributed by atoms with Crippen molar-refractivity contribution in [3.63, 3.8) is 0 Å². The molecule has 12 heteroatoms. The maximum Gasteiger partial charge on any atom is 0.301 e. The lowest BCUT2D eigenvalue weighted by Gasteiger charge is -2.24. The minimum atomic E-state index is -4.09. The summed E-state index contributed by atoms with van der Waals surface area (Å²) in [4.78, 5) is 4.22. The number of thioether (sulfide) groups is 1. The molecule has 9 nitrogen and oxygen atoms in total. The van der Waals surface area contributed by atoms with Crippen molar-refractivity contribution < 1.29 is 35.6 Å². The van der Waals surface area contributed by atoms with E-state index in [1.54, 1.807) is 11.8 Å². The molecular weight excluding hydrogens is 609 g/mol. The van der Waals surface area contributed by atoms with Crippen LogP contribution < -0.4 is 14.5 Å². The number of fused-ring (bicyclic) bond motifs is 4. The molecule has 0 saturated carbocycles. The van der Waals surface area contributed by atoms with E-state index in [9.17, 15) is 17.2 Å². The predicted octanol–water partition coefficient (Wildman–Crippen LogP) is 5.02. The van der Waals surface area contributed by atoms with Gasteiger partial charge in [0.25, 0.3) is 10.1 Å². The molecule has 0 amide bonds. The van der Waals surface area contributed by atoms with Gasteiger partial charge in [-0.25, -0.2) is 0 Å². The summed E-state index contributed by atoms with van der Waals surface area (Å²) in [5, 5.41) is 3.16. The van der Waals surface area contributed by atoms with Gasteiger partial charge in [0.05, 0.1) is 29.5 Å². The second kappa shape index (κ2) is 12.8. The molecule has 0 saturated heterocycles. The fourth-order valence-electron chi connectivity index (χ4n) is 5.61. The van der Waals surface area contributed by atoms with Crippen LogP contribution in [0.3, 0.4) is 0 Å². The van der Waals surface area contributed by atoms with Crippen molar-refractivity contribution in [3.05, 3.63) is 96.0 Å². The molecule has 2 aliphatic rings. The van der Waals surface area contributed by atoms with Gasteiger partial charge in [0.2, 0.25) is 0 Å². The zero-order valence-corrected chi connectivity index (χ0v) is 25.5. The summed E-state index contributed by atoms with van der Waals surface area (Å²) in [6, 6.07) is 28.4. The monoisotopic (exact) mass is 639 g/mol. The lowest BCUT2D eigenvalue weighted by molar-refractivity contribution is -0.779. The number of nitrogens with one attached hydrogen (secondary N) is 1. The summed E-state index contributed by atoms with van der Waals surface area (Å²) in [6.07, 6.45) is 2.36. The normalized spacial score (nSPS) is 19.4. The molecular formula is C31H31N2O7S3+. The molecule has 6 rings (SSSR count). The first kappa shape index (κ1) is 29.8. The van der Waals surface area contributed by atoms with Gasteiger partial charge in [0.1, 0.15) is 5.75 Å². The number of rotatable bonds is 11. The molecule has 224 valence electrons. The number of hydrogen-bond acceptors (Lipinski definition) is 7. The van der Waals surface area contributed by atoms with Crippen LogP contribution in [0.15, 0.2) is 101 Å². The van der Waals surface area contributed by atoms with E-state index in [1.165, 1.54) is 0 Å². The van der Waals surface area contributed by atoms with Crippen LogP contribution in [0, 0.1) is 0 Å². The highest BCUT2D eigenvalue weighted by Gasteiger charge is 2.37. The highest BCUT2D eigenvalue weighted by molar-refractivity contribution is 8.03. The molecule has 0 spiro atoms. The first-order valence-electron chi connectivity index (χ1n) is 13.9. The lowest BCUT2D eigenvalue weighted by atomic mass is 10.0. The zero-order chi connectivity index (χ0) is 30.0. The third-order valence-electron chi connectivity index (χ3n) is 7.49. The van der Waals surface area contributed by atoms with Crippen molar-refractivity contribution in [3.8, 4) is 16.9 Å². The van der Waals surface area contributed by atoms with Gasteiger partial charge in [-0.2, -0.15) is 12.6 Å². The molecule has 4 aromatic carbocycles. The van der Waals surface area contributed by atoms with E-state index in [-0.39, 0.29) is 18.8 Å².